The van der Waals surface area contributed by atoms with Crippen molar-refractivity contribution >= 4 is 6.09 Å². The second kappa shape index (κ2) is 7.39. The van der Waals surface area contributed by atoms with Crippen LogP contribution in [-0.2, 0) is 4.74 Å². The van der Waals surface area contributed by atoms with Crippen LogP contribution in [0.3, 0.4) is 0 Å². The molecule has 0 aromatic carbocycles. The lowest BCUT2D eigenvalue weighted by atomic mass is 9.89. The molecule has 1 amide bonds. The average molecular weight is 325 g/mol. The van der Waals surface area contributed by atoms with Crippen LogP contribution < -0.4 is 0 Å². The van der Waals surface area contributed by atoms with Gasteiger partial charge in [0, 0.05) is 7.05 Å². The van der Waals surface area contributed by atoms with Crippen LogP contribution in [0.2, 0.25) is 0 Å². The summed E-state index contributed by atoms with van der Waals surface area (Å²) >= 11 is 0. The second-order valence-corrected chi connectivity index (χ2v) is 7.88. The van der Waals surface area contributed by atoms with Crippen molar-refractivity contribution in [1.29, 1.82) is 0 Å². The molecule has 0 aliphatic rings. The van der Waals surface area contributed by atoms with E-state index in [9.17, 15) is 9.90 Å². The molecular weight excluding hydrogens is 294 g/mol. The molecule has 1 N–H and O–H groups in total. The van der Waals surface area contributed by atoms with Crippen LogP contribution >= 0.6 is 0 Å². The van der Waals surface area contributed by atoms with E-state index >= 15 is 0 Å². The molecule has 0 aliphatic carbocycles. The smallest absolute Gasteiger partial charge is 0.410 e. The summed E-state index contributed by atoms with van der Waals surface area (Å²) in [4.78, 5) is 14.0. The third-order valence-electron chi connectivity index (χ3n) is 3.68. The molecule has 1 aromatic heterocycles. The Morgan fingerprint density at radius 1 is 1.35 bits per heavy atom. The fourth-order valence-corrected chi connectivity index (χ4v) is 2.50. The van der Waals surface area contributed by atoms with Crippen LogP contribution in [0, 0.1) is 5.92 Å². The Labute approximate surface area is 139 Å². The van der Waals surface area contributed by atoms with Gasteiger partial charge in [0.15, 0.2) is 0 Å². The van der Waals surface area contributed by atoms with Gasteiger partial charge in [0.2, 0.25) is 0 Å². The predicted octanol–water partition coefficient (Wildman–Crippen LogP) is 4.37. The quantitative estimate of drug-likeness (QED) is 0.843. The van der Waals surface area contributed by atoms with E-state index in [1.807, 2.05) is 32.9 Å². The fraction of sp³-hybridized carbons (Fsp3) is 0.722. The van der Waals surface area contributed by atoms with Crippen molar-refractivity contribution in [1.82, 2.24) is 4.90 Å². The molecule has 23 heavy (non-hydrogen) atoms. The van der Waals surface area contributed by atoms with Gasteiger partial charge in [-0.05, 0) is 65.5 Å². The maximum absolute atomic E-state index is 12.4. The first kappa shape index (κ1) is 19.6. The first-order valence-electron chi connectivity index (χ1n) is 8.12. The lowest BCUT2D eigenvalue weighted by Crippen LogP contribution is -2.39. The second-order valence-electron chi connectivity index (χ2n) is 7.88. The van der Waals surface area contributed by atoms with Crippen LogP contribution in [0.15, 0.2) is 22.8 Å². The number of hydrogen-bond donors (Lipinski definition) is 1. The maximum atomic E-state index is 12.4. The van der Waals surface area contributed by atoms with Gasteiger partial charge in [0.1, 0.15) is 11.4 Å². The first-order valence-corrected chi connectivity index (χ1v) is 8.12. The molecule has 1 aromatic rings. The normalized spacial score (nSPS) is 15.1. The Morgan fingerprint density at radius 3 is 2.39 bits per heavy atom. The van der Waals surface area contributed by atoms with Crippen molar-refractivity contribution in [3.63, 3.8) is 0 Å². The van der Waals surface area contributed by atoms with Crippen molar-refractivity contribution in [2.75, 3.05) is 7.05 Å². The van der Waals surface area contributed by atoms with Gasteiger partial charge in [-0.2, -0.15) is 0 Å². The zero-order valence-electron chi connectivity index (χ0n) is 15.4. The molecule has 0 saturated carbocycles. The number of amides is 1. The van der Waals surface area contributed by atoms with Crippen LogP contribution in [0.25, 0.3) is 0 Å². The number of carbonyl (C=O) groups is 1. The highest BCUT2D eigenvalue weighted by Crippen LogP contribution is 2.33. The standard InChI is InChI=1S/C18H31NO4/c1-13(10-11-18(5,6)21)15(14-9-8-12-22-14)19(7)16(20)23-17(2,3)4/h8-9,12-13,15,21H,10-11H2,1-7H3/t13-,15+/m1/s1. The molecular formula is C18H31NO4. The summed E-state index contributed by atoms with van der Waals surface area (Å²) in [5, 5.41) is 9.95. The molecule has 0 spiro atoms. The highest BCUT2D eigenvalue weighted by atomic mass is 16.6. The third kappa shape index (κ3) is 6.65. The number of aliphatic hydroxyl groups is 1. The largest absolute Gasteiger partial charge is 0.467 e. The number of ether oxygens (including phenoxy) is 1. The minimum atomic E-state index is -0.730. The molecule has 2 atom stereocenters. The van der Waals surface area contributed by atoms with E-state index < -0.39 is 11.2 Å². The van der Waals surface area contributed by atoms with Crippen molar-refractivity contribution in [2.45, 2.75) is 71.6 Å². The fourth-order valence-electron chi connectivity index (χ4n) is 2.50. The Bertz CT molecular complexity index is 482. The Hall–Kier alpha value is -1.49. The van der Waals surface area contributed by atoms with Gasteiger partial charge in [-0.25, -0.2) is 4.79 Å². The van der Waals surface area contributed by atoms with Crippen LogP contribution in [0.4, 0.5) is 4.79 Å². The van der Waals surface area contributed by atoms with E-state index in [-0.39, 0.29) is 18.1 Å². The molecule has 0 saturated heterocycles. The zero-order valence-corrected chi connectivity index (χ0v) is 15.4. The van der Waals surface area contributed by atoms with Gasteiger partial charge in [-0.3, -0.25) is 0 Å². The van der Waals surface area contributed by atoms with Gasteiger partial charge < -0.3 is 19.2 Å². The van der Waals surface area contributed by atoms with E-state index in [1.165, 1.54) is 0 Å². The molecule has 0 radical (unpaired) electrons. The average Bonchev–Trinajstić information content (AvgIpc) is 2.87. The number of hydrogen-bond acceptors (Lipinski definition) is 4. The van der Waals surface area contributed by atoms with Gasteiger partial charge in [-0.15, -0.1) is 0 Å². The summed E-state index contributed by atoms with van der Waals surface area (Å²) in [5.74, 6) is 0.840. The highest BCUT2D eigenvalue weighted by Gasteiger charge is 2.32. The number of rotatable bonds is 6. The van der Waals surface area contributed by atoms with E-state index in [0.29, 0.717) is 6.42 Å². The SMILES string of the molecule is C[C@H](CCC(C)(C)O)[C@@H](c1ccco1)N(C)C(=O)OC(C)(C)C. The van der Waals surface area contributed by atoms with Crippen molar-refractivity contribution < 1.29 is 19.1 Å². The summed E-state index contributed by atoms with van der Waals surface area (Å²) in [7, 11) is 1.72. The van der Waals surface area contributed by atoms with E-state index in [1.54, 1.807) is 32.1 Å². The van der Waals surface area contributed by atoms with Crippen LogP contribution in [0.1, 0.15) is 66.2 Å². The minimum Gasteiger partial charge on any atom is -0.467 e. The molecule has 1 heterocycles. The Balaban J connectivity index is 2.91. The van der Waals surface area contributed by atoms with Crippen molar-refractivity contribution in [3.8, 4) is 0 Å². The lowest BCUT2D eigenvalue weighted by Gasteiger charge is -2.34. The highest BCUT2D eigenvalue weighted by molar-refractivity contribution is 5.68. The van der Waals surface area contributed by atoms with E-state index in [2.05, 4.69) is 6.92 Å². The summed E-state index contributed by atoms with van der Waals surface area (Å²) in [6, 6.07) is 3.45. The summed E-state index contributed by atoms with van der Waals surface area (Å²) in [5.41, 5.74) is -1.28. The van der Waals surface area contributed by atoms with Crippen molar-refractivity contribution in [3.05, 3.63) is 24.2 Å². The number of furan rings is 1. The summed E-state index contributed by atoms with van der Waals surface area (Å²) in [6.45, 7) is 11.2. The van der Waals surface area contributed by atoms with Crippen LogP contribution in [0.5, 0.6) is 0 Å². The number of nitrogens with zero attached hydrogens (tertiary/aromatic N) is 1. The van der Waals surface area contributed by atoms with E-state index in [4.69, 9.17) is 9.15 Å². The monoisotopic (exact) mass is 325 g/mol. The van der Waals surface area contributed by atoms with Gasteiger partial charge in [-0.1, -0.05) is 6.92 Å². The lowest BCUT2D eigenvalue weighted by molar-refractivity contribution is 0.0109. The third-order valence-corrected chi connectivity index (χ3v) is 3.68. The Morgan fingerprint density at radius 2 is 1.96 bits per heavy atom. The zero-order chi connectivity index (χ0) is 17.8. The predicted molar refractivity (Wildman–Crippen MR) is 90.1 cm³/mol. The Kier molecular flexibility index (Phi) is 6.28. The number of carbonyl (C=O) groups excluding carboxylic acids is 1. The molecule has 0 aliphatic heterocycles. The van der Waals surface area contributed by atoms with Crippen molar-refractivity contribution in [2.24, 2.45) is 5.92 Å². The summed E-state index contributed by atoms with van der Waals surface area (Å²) < 4.78 is 11.0. The van der Waals surface area contributed by atoms with E-state index in [0.717, 1.165) is 12.2 Å². The molecule has 0 fully saturated rings. The minimum absolute atomic E-state index is 0.116. The molecule has 5 nitrogen and oxygen atoms in total. The molecule has 5 heteroatoms. The van der Waals surface area contributed by atoms with Crippen LogP contribution in [-0.4, -0.2) is 34.3 Å². The molecule has 0 unspecified atom stereocenters. The molecule has 132 valence electrons. The van der Waals surface area contributed by atoms with Gasteiger partial charge in [0.25, 0.3) is 0 Å². The topological polar surface area (TPSA) is 62.9 Å². The first-order chi connectivity index (χ1) is 10.4. The summed E-state index contributed by atoms with van der Waals surface area (Å²) in [6.07, 6.45) is 2.64. The maximum Gasteiger partial charge on any atom is 0.410 e. The van der Waals surface area contributed by atoms with Gasteiger partial charge >= 0.3 is 6.09 Å². The molecule has 1 rings (SSSR count). The molecule has 0 bridgehead atoms. The van der Waals surface area contributed by atoms with Gasteiger partial charge in [0.05, 0.1) is 17.9 Å².